The van der Waals surface area contributed by atoms with Gasteiger partial charge in [0.1, 0.15) is 18.0 Å². The maximum Gasteiger partial charge on any atom is 0.301 e. The number of ether oxygens (including phenoxy) is 1. The van der Waals surface area contributed by atoms with Crippen LogP contribution in [0.4, 0.5) is 17.1 Å². The molecular weight excluding hydrogens is 630 g/mol. The van der Waals surface area contributed by atoms with Crippen LogP contribution in [-0.4, -0.2) is 16.1 Å². The van der Waals surface area contributed by atoms with Crippen LogP contribution in [0.1, 0.15) is 11.1 Å². The molecule has 0 atom stereocenters. The van der Waals surface area contributed by atoms with E-state index in [1.807, 2.05) is 42.5 Å². The molecule has 0 radical (unpaired) electrons. The van der Waals surface area contributed by atoms with E-state index in [-0.39, 0.29) is 11.4 Å². The highest BCUT2D eigenvalue weighted by Gasteiger charge is 2.19. The zero-order valence-corrected chi connectivity index (χ0v) is 20.0. The molecule has 0 aromatic heterocycles. The highest BCUT2D eigenvalue weighted by molar-refractivity contribution is 14.1. The second kappa shape index (κ2) is 10.5. The van der Waals surface area contributed by atoms with Crippen LogP contribution in [0.15, 0.2) is 65.8 Å². The summed E-state index contributed by atoms with van der Waals surface area (Å²) in [5.74, 6) is 0.765. The number of nitrogens with one attached hydrogen (secondary N) is 1. The van der Waals surface area contributed by atoms with Crippen molar-refractivity contribution < 1.29 is 14.6 Å². The van der Waals surface area contributed by atoms with Gasteiger partial charge < -0.3 is 4.74 Å². The van der Waals surface area contributed by atoms with E-state index in [0.29, 0.717) is 6.61 Å². The highest BCUT2D eigenvalue weighted by Crippen LogP contribution is 2.30. The minimum Gasteiger partial charge on any atom is -0.487 e. The summed E-state index contributed by atoms with van der Waals surface area (Å²) >= 11 is 4.35. The van der Waals surface area contributed by atoms with Gasteiger partial charge in [0.2, 0.25) is 0 Å². The molecule has 3 aromatic rings. The first kappa shape index (κ1) is 22.9. The van der Waals surface area contributed by atoms with Gasteiger partial charge in [0.15, 0.2) is 0 Å². The fraction of sp³-hybridized carbons (Fsp3) is 0.0500. The Morgan fingerprint density at radius 1 is 0.968 bits per heavy atom. The Morgan fingerprint density at radius 2 is 1.65 bits per heavy atom. The quantitative estimate of drug-likeness (QED) is 0.145. The average molecular weight is 644 g/mol. The van der Waals surface area contributed by atoms with E-state index >= 15 is 0 Å². The topological polar surface area (TPSA) is 120 Å². The third-order valence-electron chi connectivity index (χ3n) is 4.03. The molecule has 0 spiro atoms. The standard InChI is InChI=1S/C20H14I2N4O5/c21-16-8-14(9-17(22)20(16)31-12-13-4-2-1-3-5-13)11-23-24-18-7-6-15(25(27)28)10-19(18)26(29)30/h1-11,24H,12H2/b23-11-. The lowest BCUT2D eigenvalue weighted by atomic mass is 10.2. The Bertz CT molecular complexity index is 1130. The second-order valence-corrected chi connectivity index (χ2v) is 8.50. The number of anilines is 1. The average Bonchev–Trinajstić information content (AvgIpc) is 2.74. The zero-order valence-electron chi connectivity index (χ0n) is 15.7. The molecule has 3 rings (SSSR count). The zero-order chi connectivity index (χ0) is 22.4. The van der Waals surface area contributed by atoms with E-state index in [1.54, 1.807) is 0 Å². The van der Waals surface area contributed by atoms with Crippen molar-refractivity contribution in [3.05, 3.63) is 99.2 Å². The van der Waals surface area contributed by atoms with E-state index in [0.717, 1.165) is 30.1 Å². The number of nitro groups is 2. The molecule has 0 aliphatic carbocycles. The first-order valence-electron chi connectivity index (χ1n) is 8.73. The van der Waals surface area contributed by atoms with Crippen LogP contribution >= 0.6 is 45.2 Å². The Balaban J connectivity index is 1.73. The molecule has 158 valence electrons. The van der Waals surface area contributed by atoms with Gasteiger partial charge in [-0.2, -0.15) is 5.10 Å². The molecule has 0 heterocycles. The first-order valence-corrected chi connectivity index (χ1v) is 10.9. The molecule has 0 aliphatic rings. The van der Waals surface area contributed by atoms with Crippen LogP contribution < -0.4 is 10.2 Å². The molecular formula is C20H14I2N4O5. The number of nitro benzene ring substituents is 2. The van der Waals surface area contributed by atoms with Crippen molar-refractivity contribution in [2.24, 2.45) is 5.10 Å². The van der Waals surface area contributed by atoms with E-state index in [1.165, 1.54) is 18.3 Å². The molecule has 0 saturated carbocycles. The summed E-state index contributed by atoms with van der Waals surface area (Å²) in [6.45, 7) is 0.450. The Hall–Kier alpha value is -2.81. The van der Waals surface area contributed by atoms with Crippen LogP contribution in [0.2, 0.25) is 0 Å². The number of hydrazone groups is 1. The molecule has 9 nitrogen and oxygen atoms in total. The minimum atomic E-state index is -0.699. The van der Waals surface area contributed by atoms with Crippen LogP contribution in [-0.2, 0) is 6.61 Å². The number of hydrogen-bond donors (Lipinski definition) is 1. The predicted octanol–water partition coefficient (Wildman–Crippen LogP) is 5.74. The highest BCUT2D eigenvalue weighted by atomic mass is 127. The number of halogens is 2. The lowest BCUT2D eigenvalue weighted by molar-refractivity contribution is -0.393. The summed E-state index contributed by atoms with van der Waals surface area (Å²) < 4.78 is 7.73. The van der Waals surface area contributed by atoms with Gasteiger partial charge in [-0.3, -0.25) is 25.7 Å². The molecule has 0 unspecified atom stereocenters. The Labute approximate surface area is 204 Å². The van der Waals surface area contributed by atoms with Gasteiger partial charge in [-0.1, -0.05) is 30.3 Å². The summed E-state index contributed by atoms with van der Waals surface area (Å²) in [5.41, 5.74) is 3.66. The maximum absolute atomic E-state index is 11.2. The fourth-order valence-corrected chi connectivity index (χ4v) is 4.70. The van der Waals surface area contributed by atoms with Crippen LogP contribution in [0.25, 0.3) is 0 Å². The third kappa shape index (κ3) is 6.10. The predicted molar refractivity (Wildman–Crippen MR) is 134 cm³/mol. The van der Waals surface area contributed by atoms with E-state index in [4.69, 9.17) is 4.74 Å². The largest absolute Gasteiger partial charge is 0.487 e. The number of non-ortho nitro benzene ring substituents is 1. The van der Waals surface area contributed by atoms with Crippen molar-refractivity contribution in [1.82, 2.24) is 0 Å². The van der Waals surface area contributed by atoms with Crippen molar-refractivity contribution in [2.45, 2.75) is 6.61 Å². The van der Waals surface area contributed by atoms with E-state index in [2.05, 4.69) is 55.7 Å². The molecule has 0 amide bonds. The summed E-state index contributed by atoms with van der Waals surface area (Å²) in [6, 6.07) is 16.9. The first-order chi connectivity index (χ1) is 14.8. The lowest BCUT2D eigenvalue weighted by Crippen LogP contribution is -2.01. The monoisotopic (exact) mass is 644 g/mol. The van der Waals surface area contributed by atoms with Crippen molar-refractivity contribution in [1.29, 1.82) is 0 Å². The van der Waals surface area contributed by atoms with E-state index in [9.17, 15) is 20.2 Å². The normalized spacial score (nSPS) is 10.8. The van der Waals surface area contributed by atoms with Gasteiger partial charge in [0, 0.05) is 6.07 Å². The number of benzene rings is 3. The van der Waals surface area contributed by atoms with Crippen LogP contribution in [0.5, 0.6) is 5.75 Å². The molecule has 0 bridgehead atoms. The molecule has 0 fully saturated rings. The number of hydrogen-bond acceptors (Lipinski definition) is 7. The third-order valence-corrected chi connectivity index (χ3v) is 5.64. The van der Waals surface area contributed by atoms with Gasteiger partial charge in [-0.25, -0.2) is 0 Å². The minimum absolute atomic E-state index is 0.0547. The van der Waals surface area contributed by atoms with Gasteiger partial charge >= 0.3 is 5.69 Å². The van der Waals surface area contributed by atoms with Crippen molar-refractivity contribution >= 4 is 68.5 Å². The summed E-state index contributed by atoms with van der Waals surface area (Å²) in [6.07, 6.45) is 1.51. The second-order valence-electron chi connectivity index (χ2n) is 6.17. The molecule has 31 heavy (non-hydrogen) atoms. The maximum atomic E-state index is 11.2. The van der Waals surface area contributed by atoms with E-state index < -0.39 is 15.5 Å². The van der Waals surface area contributed by atoms with Crippen LogP contribution in [0.3, 0.4) is 0 Å². The van der Waals surface area contributed by atoms with Crippen molar-refractivity contribution in [3.8, 4) is 5.75 Å². The molecule has 0 saturated heterocycles. The number of rotatable bonds is 8. The smallest absolute Gasteiger partial charge is 0.301 e. The lowest BCUT2D eigenvalue weighted by Gasteiger charge is -2.11. The molecule has 0 aliphatic heterocycles. The molecule has 1 N–H and O–H groups in total. The van der Waals surface area contributed by atoms with Gasteiger partial charge in [-0.05, 0) is 74.5 Å². The van der Waals surface area contributed by atoms with Gasteiger partial charge in [-0.15, -0.1) is 0 Å². The fourth-order valence-electron chi connectivity index (χ4n) is 2.58. The molecule has 11 heteroatoms. The molecule has 3 aromatic carbocycles. The Morgan fingerprint density at radius 3 is 2.26 bits per heavy atom. The van der Waals surface area contributed by atoms with Crippen LogP contribution in [0, 0.1) is 27.4 Å². The summed E-state index contributed by atoms with van der Waals surface area (Å²) in [4.78, 5) is 20.6. The SMILES string of the molecule is O=[N+]([O-])c1ccc(N/N=C\c2cc(I)c(OCc3ccccc3)c(I)c2)c([N+](=O)[O-])c1. The summed E-state index contributed by atoms with van der Waals surface area (Å²) in [5, 5.41) is 26.1. The number of nitrogens with zero attached hydrogens (tertiary/aromatic N) is 3. The van der Waals surface area contributed by atoms with Gasteiger partial charge in [0.25, 0.3) is 5.69 Å². The van der Waals surface area contributed by atoms with Gasteiger partial charge in [0.05, 0.1) is 29.3 Å². The van der Waals surface area contributed by atoms with Crippen molar-refractivity contribution in [3.63, 3.8) is 0 Å². The van der Waals surface area contributed by atoms with Crippen molar-refractivity contribution in [2.75, 3.05) is 5.43 Å². The summed E-state index contributed by atoms with van der Waals surface area (Å²) in [7, 11) is 0. The Kier molecular flexibility index (Phi) is 7.73.